The molecule has 0 N–H and O–H groups in total. The van der Waals surface area contributed by atoms with E-state index < -0.39 is 0 Å². The number of aryl methyl sites for hydroxylation is 1. The van der Waals surface area contributed by atoms with Crippen LogP contribution in [0.25, 0.3) is 0 Å². The van der Waals surface area contributed by atoms with Gasteiger partial charge in [0.2, 0.25) is 0 Å². The molecular formula is C9H13ClN2. The summed E-state index contributed by atoms with van der Waals surface area (Å²) in [5.74, 6) is 0. The molecule has 0 saturated carbocycles. The van der Waals surface area contributed by atoms with Crippen LogP contribution in [0.4, 0.5) is 0 Å². The van der Waals surface area contributed by atoms with Crippen LogP contribution in [-0.2, 0) is 5.41 Å². The lowest BCUT2D eigenvalue weighted by atomic mass is 9.90. The van der Waals surface area contributed by atoms with Gasteiger partial charge >= 0.3 is 0 Å². The molecule has 0 bridgehead atoms. The lowest BCUT2D eigenvalue weighted by molar-refractivity contribution is 0.559. The highest BCUT2D eigenvalue weighted by atomic mass is 35.5. The van der Waals surface area contributed by atoms with Crippen molar-refractivity contribution in [2.45, 2.75) is 33.1 Å². The van der Waals surface area contributed by atoms with Crippen LogP contribution >= 0.6 is 11.6 Å². The van der Waals surface area contributed by atoms with Gasteiger partial charge in [-0.2, -0.15) is 0 Å². The van der Waals surface area contributed by atoms with Crippen LogP contribution in [0, 0.1) is 6.92 Å². The van der Waals surface area contributed by atoms with E-state index in [9.17, 15) is 0 Å². The zero-order chi connectivity index (χ0) is 9.35. The van der Waals surface area contributed by atoms with Gasteiger partial charge in [0.25, 0.3) is 0 Å². The molecule has 3 heteroatoms. The summed E-state index contributed by atoms with van der Waals surface area (Å²) in [5, 5.41) is 0.459. The fourth-order valence-electron chi connectivity index (χ4n) is 1.19. The van der Waals surface area contributed by atoms with E-state index in [0.717, 1.165) is 11.4 Å². The van der Waals surface area contributed by atoms with Crippen molar-refractivity contribution >= 4 is 11.6 Å². The normalized spacial score (nSPS) is 11.8. The van der Waals surface area contributed by atoms with Crippen LogP contribution in [0.5, 0.6) is 0 Å². The van der Waals surface area contributed by atoms with E-state index >= 15 is 0 Å². The van der Waals surface area contributed by atoms with Crippen molar-refractivity contribution < 1.29 is 0 Å². The predicted octanol–water partition coefficient (Wildman–Crippen LogP) is 2.74. The third kappa shape index (κ3) is 1.95. The predicted molar refractivity (Wildman–Crippen MR) is 50.5 cm³/mol. The maximum Gasteiger partial charge on any atom is 0.147 e. The van der Waals surface area contributed by atoms with Gasteiger partial charge in [-0.1, -0.05) is 32.4 Å². The van der Waals surface area contributed by atoms with Crippen molar-refractivity contribution in [3.63, 3.8) is 0 Å². The van der Waals surface area contributed by atoms with E-state index in [-0.39, 0.29) is 5.41 Å². The van der Waals surface area contributed by atoms with E-state index in [1.54, 1.807) is 6.20 Å². The Balaban J connectivity index is 3.19. The van der Waals surface area contributed by atoms with Crippen LogP contribution in [0.15, 0.2) is 6.20 Å². The molecule has 0 aromatic carbocycles. The van der Waals surface area contributed by atoms with Crippen molar-refractivity contribution in [1.29, 1.82) is 0 Å². The smallest absolute Gasteiger partial charge is 0.147 e. The van der Waals surface area contributed by atoms with Crippen molar-refractivity contribution in [2.75, 3.05) is 0 Å². The minimum atomic E-state index is 0.0433. The van der Waals surface area contributed by atoms with E-state index in [2.05, 4.69) is 30.7 Å². The summed E-state index contributed by atoms with van der Waals surface area (Å²) in [6, 6.07) is 0. The van der Waals surface area contributed by atoms with Crippen LogP contribution in [0.2, 0.25) is 5.15 Å². The van der Waals surface area contributed by atoms with Crippen LogP contribution in [-0.4, -0.2) is 9.97 Å². The quantitative estimate of drug-likeness (QED) is 0.620. The molecule has 0 spiro atoms. The molecule has 12 heavy (non-hydrogen) atoms. The summed E-state index contributed by atoms with van der Waals surface area (Å²) in [6.45, 7) is 8.26. The zero-order valence-corrected chi connectivity index (χ0v) is 8.61. The zero-order valence-electron chi connectivity index (χ0n) is 7.85. The number of hydrogen-bond donors (Lipinski definition) is 0. The molecule has 0 aliphatic heterocycles. The summed E-state index contributed by atoms with van der Waals surface area (Å²) in [7, 11) is 0. The highest BCUT2D eigenvalue weighted by molar-refractivity contribution is 6.29. The second-order valence-corrected chi connectivity index (χ2v) is 4.26. The molecule has 0 atom stereocenters. The van der Waals surface area contributed by atoms with E-state index in [1.165, 1.54) is 0 Å². The molecule has 1 heterocycles. The molecule has 1 aromatic rings. The highest BCUT2D eigenvalue weighted by Crippen LogP contribution is 2.22. The summed E-state index contributed by atoms with van der Waals surface area (Å²) < 4.78 is 0. The highest BCUT2D eigenvalue weighted by Gasteiger charge is 2.18. The van der Waals surface area contributed by atoms with Gasteiger partial charge in [-0.3, -0.25) is 4.98 Å². The first kappa shape index (κ1) is 9.46. The number of rotatable bonds is 0. The summed E-state index contributed by atoms with van der Waals surface area (Å²) in [6.07, 6.45) is 1.59. The van der Waals surface area contributed by atoms with Gasteiger partial charge < -0.3 is 0 Å². The molecule has 0 amide bonds. The molecule has 0 fully saturated rings. The fraction of sp³-hybridized carbons (Fsp3) is 0.556. The molecule has 1 aromatic heterocycles. The Hall–Kier alpha value is -0.630. The lowest BCUT2D eigenvalue weighted by Crippen LogP contribution is -2.16. The number of nitrogens with zero attached hydrogens (tertiary/aromatic N) is 2. The molecule has 0 unspecified atom stereocenters. The molecular weight excluding hydrogens is 172 g/mol. The van der Waals surface area contributed by atoms with Crippen molar-refractivity contribution in [3.05, 3.63) is 22.7 Å². The third-order valence-corrected chi connectivity index (χ3v) is 1.81. The van der Waals surface area contributed by atoms with E-state index in [1.807, 2.05) is 6.92 Å². The SMILES string of the molecule is Cc1nc(Cl)cnc1C(C)(C)C. The van der Waals surface area contributed by atoms with Gasteiger partial charge in [-0.15, -0.1) is 0 Å². The van der Waals surface area contributed by atoms with Crippen LogP contribution < -0.4 is 0 Å². The Morgan fingerprint density at radius 3 is 2.33 bits per heavy atom. The van der Waals surface area contributed by atoms with Gasteiger partial charge in [0.15, 0.2) is 0 Å². The second kappa shape index (κ2) is 3.02. The van der Waals surface area contributed by atoms with E-state index in [0.29, 0.717) is 5.15 Å². The Bertz CT molecular complexity index is 289. The average Bonchev–Trinajstić information content (AvgIpc) is 1.83. The van der Waals surface area contributed by atoms with Gasteiger partial charge in [0.05, 0.1) is 17.6 Å². The average molecular weight is 185 g/mol. The monoisotopic (exact) mass is 184 g/mol. The Morgan fingerprint density at radius 1 is 1.33 bits per heavy atom. The molecule has 0 aliphatic rings. The van der Waals surface area contributed by atoms with Gasteiger partial charge in [0, 0.05) is 5.41 Å². The fourth-order valence-corrected chi connectivity index (χ4v) is 1.37. The number of halogens is 1. The van der Waals surface area contributed by atoms with Gasteiger partial charge in [0.1, 0.15) is 5.15 Å². The summed E-state index contributed by atoms with van der Waals surface area (Å²) in [5.41, 5.74) is 1.96. The second-order valence-electron chi connectivity index (χ2n) is 3.88. The minimum absolute atomic E-state index is 0.0433. The first-order chi connectivity index (χ1) is 5.41. The Labute approximate surface area is 78.0 Å². The van der Waals surface area contributed by atoms with Crippen molar-refractivity contribution in [3.8, 4) is 0 Å². The molecule has 66 valence electrons. The van der Waals surface area contributed by atoms with Crippen molar-refractivity contribution in [2.24, 2.45) is 0 Å². The van der Waals surface area contributed by atoms with Crippen LogP contribution in [0.3, 0.4) is 0 Å². The number of hydrogen-bond acceptors (Lipinski definition) is 2. The first-order valence-corrected chi connectivity index (χ1v) is 4.28. The van der Waals surface area contributed by atoms with Crippen molar-refractivity contribution in [1.82, 2.24) is 9.97 Å². The number of aromatic nitrogens is 2. The molecule has 0 aliphatic carbocycles. The minimum Gasteiger partial charge on any atom is -0.256 e. The Kier molecular flexibility index (Phi) is 2.38. The largest absolute Gasteiger partial charge is 0.256 e. The molecule has 1 rings (SSSR count). The standard InChI is InChI=1S/C9H13ClN2/c1-6-8(9(2,3)4)11-5-7(10)12-6/h5H,1-4H3. The molecule has 2 nitrogen and oxygen atoms in total. The summed E-state index contributed by atoms with van der Waals surface area (Å²) >= 11 is 5.69. The third-order valence-electron chi connectivity index (χ3n) is 1.63. The maximum atomic E-state index is 5.69. The van der Waals surface area contributed by atoms with Crippen LogP contribution in [0.1, 0.15) is 32.2 Å². The first-order valence-electron chi connectivity index (χ1n) is 3.91. The van der Waals surface area contributed by atoms with Gasteiger partial charge in [-0.25, -0.2) is 4.98 Å². The lowest BCUT2D eigenvalue weighted by Gasteiger charge is -2.18. The maximum absolute atomic E-state index is 5.69. The summed E-state index contributed by atoms with van der Waals surface area (Å²) in [4.78, 5) is 8.40. The van der Waals surface area contributed by atoms with Gasteiger partial charge in [-0.05, 0) is 6.92 Å². The molecule has 0 radical (unpaired) electrons. The Morgan fingerprint density at radius 2 is 1.92 bits per heavy atom. The van der Waals surface area contributed by atoms with E-state index in [4.69, 9.17) is 11.6 Å². The molecule has 0 saturated heterocycles. The topological polar surface area (TPSA) is 25.8 Å².